The number of hydrogen-bond acceptors (Lipinski definition) is 6. The molecule has 1 aliphatic rings. The maximum atomic E-state index is 11.5. The molecule has 1 rings (SSSR count). The predicted molar refractivity (Wildman–Crippen MR) is 61.9 cm³/mol. The van der Waals surface area contributed by atoms with Crippen LogP contribution in [0.25, 0.3) is 0 Å². The van der Waals surface area contributed by atoms with E-state index in [-0.39, 0.29) is 13.1 Å². The van der Waals surface area contributed by atoms with Crippen molar-refractivity contribution in [3.8, 4) is 0 Å². The number of nitrogens with zero attached hydrogens (tertiary/aromatic N) is 1. The summed E-state index contributed by atoms with van der Waals surface area (Å²) >= 11 is 0. The van der Waals surface area contributed by atoms with Crippen molar-refractivity contribution in [3.05, 3.63) is 12.3 Å². The Kier molecular flexibility index (Phi) is 5.30. The summed E-state index contributed by atoms with van der Waals surface area (Å²) in [6.45, 7) is 0.540. The summed E-state index contributed by atoms with van der Waals surface area (Å²) in [4.78, 5) is 20.5. The fourth-order valence-corrected chi connectivity index (χ4v) is 1.72. The third-order valence-electron chi connectivity index (χ3n) is 2.35. The predicted octanol–water partition coefficient (Wildman–Crippen LogP) is -0.727. The van der Waals surface area contributed by atoms with Gasteiger partial charge in [-0.1, -0.05) is 0 Å². The highest BCUT2D eigenvalue weighted by atomic mass is 31.2. The maximum absolute atomic E-state index is 11.5. The molecule has 0 aliphatic carbocycles. The van der Waals surface area contributed by atoms with Crippen molar-refractivity contribution < 1.29 is 29.3 Å². The minimum Gasteiger partial charge on any atom is -0.476 e. The Morgan fingerprint density at radius 2 is 2.39 bits per heavy atom. The number of aliphatic hydroxyl groups excluding tert-OH is 1. The first-order valence-corrected chi connectivity index (χ1v) is 7.50. The standard InChI is InChI=1S/C9H17N2O6P/c1-18(15,16)9(13)6-10-5-7(12)11(14)8-3-2-4-17-8/h2,4,8-10,13-14H,3,5-6H2,1H3,(H,15,16). The summed E-state index contributed by atoms with van der Waals surface area (Å²) in [5, 5.41) is 21.6. The van der Waals surface area contributed by atoms with Gasteiger partial charge in [0.05, 0.1) is 12.8 Å². The highest BCUT2D eigenvalue weighted by Crippen LogP contribution is 2.39. The van der Waals surface area contributed by atoms with Crippen LogP contribution in [0.3, 0.4) is 0 Å². The number of carbonyl (C=O) groups excluding carboxylic acids is 1. The molecule has 0 saturated carbocycles. The first-order valence-electron chi connectivity index (χ1n) is 5.32. The molecule has 0 aromatic carbocycles. The number of ether oxygens (including phenoxy) is 1. The highest BCUT2D eigenvalue weighted by molar-refractivity contribution is 7.57. The number of amides is 1. The molecule has 8 nitrogen and oxygen atoms in total. The van der Waals surface area contributed by atoms with Crippen molar-refractivity contribution in [2.45, 2.75) is 18.5 Å². The average molecular weight is 280 g/mol. The molecule has 104 valence electrons. The number of nitrogens with one attached hydrogen (secondary N) is 1. The van der Waals surface area contributed by atoms with Crippen LogP contribution < -0.4 is 5.32 Å². The minimum absolute atomic E-state index is 0.215. The van der Waals surface area contributed by atoms with E-state index in [4.69, 9.17) is 9.63 Å². The van der Waals surface area contributed by atoms with Crippen molar-refractivity contribution in [3.63, 3.8) is 0 Å². The lowest BCUT2D eigenvalue weighted by molar-refractivity contribution is -0.202. The second kappa shape index (κ2) is 6.31. The smallest absolute Gasteiger partial charge is 0.263 e. The summed E-state index contributed by atoms with van der Waals surface area (Å²) < 4.78 is 16.0. The zero-order chi connectivity index (χ0) is 13.8. The molecule has 9 heteroatoms. The Hall–Kier alpha value is -0.920. The van der Waals surface area contributed by atoms with Crippen molar-refractivity contribution in [2.24, 2.45) is 0 Å². The van der Waals surface area contributed by atoms with E-state index >= 15 is 0 Å². The minimum atomic E-state index is -3.59. The highest BCUT2D eigenvalue weighted by Gasteiger charge is 2.26. The summed E-state index contributed by atoms with van der Waals surface area (Å²) in [7, 11) is -3.59. The van der Waals surface area contributed by atoms with Crippen LogP contribution in [0, 0.1) is 0 Å². The van der Waals surface area contributed by atoms with Crippen LogP contribution in [-0.2, 0) is 14.1 Å². The lowest BCUT2D eigenvalue weighted by atomic mass is 10.4. The second-order valence-electron chi connectivity index (χ2n) is 3.99. The van der Waals surface area contributed by atoms with Crippen molar-refractivity contribution >= 4 is 13.3 Å². The molecule has 18 heavy (non-hydrogen) atoms. The van der Waals surface area contributed by atoms with Crippen LogP contribution in [0.5, 0.6) is 0 Å². The zero-order valence-corrected chi connectivity index (χ0v) is 10.8. The third kappa shape index (κ3) is 4.40. The van der Waals surface area contributed by atoms with E-state index in [9.17, 15) is 19.7 Å². The molecule has 0 spiro atoms. The van der Waals surface area contributed by atoms with Crippen molar-refractivity contribution in [1.29, 1.82) is 0 Å². The fraction of sp³-hybridized carbons (Fsp3) is 0.667. The first-order chi connectivity index (χ1) is 8.32. The average Bonchev–Trinajstić information content (AvgIpc) is 2.79. The molecule has 0 bridgehead atoms. The van der Waals surface area contributed by atoms with Crippen LogP contribution in [-0.4, -0.2) is 58.0 Å². The monoisotopic (exact) mass is 280 g/mol. The molecule has 1 aliphatic heterocycles. The molecule has 0 fully saturated rings. The van der Waals surface area contributed by atoms with Gasteiger partial charge in [-0.25, -0.2) is 0 Å². The summed E-state index contributed by atoms with van der Waals surface area (Å²) in [6.07, 6.45) is 2.71. The first kappa shape index (κ1) is 15.1. The second-order valence-corrected chi connectivity index (χ2v) is 6.47. The number of aliphatic hydroxyl groups is 1. The largest absolute Gasteiger partial charge is 0.476 e. The number of hydroxylamine groups is 2. The normalized spacial score (nSPS) is 23.2. The molecule has 0 aromatic rings. The van der Waals surface area contributed by atoms with E-state index in [1.807, 2.05) is 0 Å². The Balaban J connectivity index is 2.26. The van der Waals surface area contributed by atoms with E-state index in [0.717, 1.165) is 6.66 Å². The molecule has 0 aromatic heterocycles. The van der Waals surface area contributed by atoms with E-state index < -0.39 is 25.3 Å². The Bertz CT molecular complexity index is 360. The van der Waals surface area contributed by atoms with Crippen LogP contribution >= 0.6 is 7.37 Å². The lowest BCUT2D eigenvalue weighted by Crippen LogP contribution is -2.43. The van der Waals surface area contributed by atoms with Crippen LogP contribution in [0.1, 0.15) is 6.42 Å². The molecule has 3 unspecified atom stereocenters. The maximum Gasteiger partial charge on any atom is 0.263 e. The lowest BCUT2D eigenvalue weighted by Gasteiger charge is -2.22. The Labute approximate surface area is 104 Å². The van der Waals surface area contributed by atoms with Gasteiger partial charge < -0.3 is 20.1 Å². The topological polar surface area (TPSA) is 119 Å². The van der Waals surface area contributed by atoms with Gasteiger partial charge in [-0.05, 0) is 6.08 Å². The Morgan fingerprint density at radius 3 is 2.89 bits per heavy atom. The molecule has 1 heterocycles. The van der Waals surface area contributed by atoms with Crippen LogP contribution in [0.4, 0.5) is 0 Å². The zero-order valence-electron chi connectivity index (χ0n) is 9.89. The van der Waals surface area contributed by atoms with Crippen molar-refractivity contribution in [2.75, 3.05) is 19.8 Å². The molecule has 0 radical (unpaired) electrons. The Morgan fingerprint density at radius 1 is 1.72 bits per heavy atom. The van der Waals surface area contributed by atoms with Gasteiger partial charge in [-0.15, -0.1) is 0 Å². The van der Waals surface area contributed by atoms with Crippen LogP contribution in [0.15, 0.2) is 12.3 Å². The van der Waals surface area contributed by atoms with Crippen LogP contribution in [0.2, 0.25) is 0 Å². The number of carbonyl (C=O) groups is 1. The third-order valence-corrected chi connectivity index (χ3v) is 3.64. The molecule has 1 amide bonds. The SMILES string of the molecule is CP(=O)(O)C(O)CNCC(=O)N(O)C1CC=CO1. The van der Waals surface area contributed by atoms with Gasteiger partial charge >= 0.3 is 0 Å². The van der Waals surface area contributed by atoms with Gasteiger partial charge in [0, 0.05) is 19.6 Å². The van der Waals surface area contributed by atoms with Gasteiger partial charge in [0.1, 0.15) is 5.85 Å². The number of hydrogen-bond donors (Lipinski definition) is 4. The molecular weight excluding hydrogens is 263 g/mol. The van der Waals surface area contributed by atoms with E-state index in [1.165, 1.54) is 6.26 Å². The fourth-order valence-electron chi connectivity index (χ4n) is 1.25. The van der Waals surface area contributed by atoms with Gasteiger partial charge in [0.2, 0.25) is 13.6 Å². The molecule has 4 N–H and O–H groups in total. The summed E-state index contributed by atoms with van der Waals surface area (Å²) in [5.41, 5.74) is 0. The van der Waals surface area contributed by atoms with Gasteiger partial charge in [-0.3, -0.25) is 14.6 Å². The van der Waals surface area contributed by atoms with Gasteiger partial charge in [0.15, 0.2) is 0 Å². The molecular formula is C9H17N2O6P. The molecule has 3 atom stereocenters. The summed E-state index contributed by atoms with van der Waals surface area (Å²) in [6, 6.07) is 0. The summed E-state index contributed by atoms with van der Waals surface area (Å²) in [5.74, 6) is -2.10. The van der Waals surface area contributed by atoms with E-state index in [0.29, 0.717) is 11.5 Å². The number of rotatable bonds is 6. The quantitative estimate of drug-likeness (QED) is 0.288. The molecule has 0 saturated heterocycles. The van der Waals surface area contributed by atoms with Crippen molar-refractivity contribution in [1.82, 2.24) is 10.4 Å². The van der Waals surface area contributed by atoms with Gasteiger partial charge in [0.25, 0.3) is 5.91 Å². The van der Waals surface area contributed by atoms with E-state index in [1.54, 1.807) is 6.08 Å². The van der Waals surface area contributed by atoms with E-state index in [2.05, 4.69) is 5.32 Å². The van der Waals surface area contributed by atoms with Gasteiger partial charge in [-0.2, -0.15) is 5.06 Å².